The highest BCUT2D eigenvalue weighted by atomic mass is 16.5. The van der Waals surface area contributed by atoms with Gasteiger partial charge in [-0.1, -0.05) is 20.8 Å². The molecule has 0 aromatic rings. The number of nitrogens with zero attached hydrogens (tertiary/aromatic N) is 1. The van der Waals surface area contributed by atoms with Crippen molar-refractivity contribution in [2.45, 2.75) is 59.4 Å². The molecule has 0 radical (unpaired) electrons. The molecule has 0 aliphatic carbocycles. The first-order chi connectivity index (χ1) is 8.09. The molecular formula is C13H23NO4. The third-order valence-corrected chi connectivity index (χ3v) is 2.63. The molecule has 18 heavy (non-hydrogen) atoms. The van der Waals surface area contributed by atoms with Gasteiger partial charge in [-0.2, -0.15) is 5.26 Å². The van der Waals surface area contributed by atoms with Crippen LogP contribution in [0.15, 0.2) is 0 Å². The van der Waals surface area contributed by atoms with Gasteiger partial charge in [0, 0.05) is 0 Å². The predicted molar refractivity (Wildman–Crippen MR) is 66.4 cm³/mol. The molecule has 0 fully saturated rings. The predicted octanol–water partition coefficient (Wildman–Crippen LogP) is 1.24. The van der Waals surface area contributed by atoms with Crippen LogP contribution in [0, 0.1) is 22.7 Å². The summed E-state index contributed by atoms with van der Waals surface area (Å²) >= 11 is 0. The third kappa shape index (κ3) is 5.48. The minimum absolute atomic E-state index is 0.0952. The first-order valence-electron chi connectivity index (χ1n) is 6.05. The smallest absolute Gasteiger partial charge is 0.313 e. The molecule has 0 bridgehead atoms. The number of ether oxygens (including phenoxy) is 1. The summed E-state index contributed by atoms with van der Waals surface area (Å²) in [5.74, 6) is -1.38. The third-order valence-electron chi connectivity index (χ3n) is 2.63. The van der Waals surface area contributed by atoms with E-state index in [9.17, 15) is 15.0 Å². The minimum Gasteiger partial charge on any atom is -0.447 e. The fourth-order valence-electron chi connectivity index (χ4n) is 1.85. The van der Waals surface area contributed by atoms with E-state index >= 15 is 0 Å². The molecule has 0 saturated heterocycles. The van der Waals surface area contributed by atoms with Crippen molar-refractivity contribution in [1.82, 2.24) is 0 Å². The highest BCUT2D eigenvalue weighted by Crippen LogP contribution is 2.32. The standard InChI is InChI=1S/C13H23NO4/c1-8(15)6-10(16)11(13(3,4)5)12(17)18-9(2)7-14/h8-11,15-16H,6H2,1-5H3/t8-,9-,10-,11-/m1/s1. The van der Waals surface area contributed by atoms with Crippen molar-refractivity contribution in [3.05, 3.63) is 0 Å². The number of nitriles is 1. The zero-order valence-corrected chi connectivity index (χ0v) is 11.7. The largest absolute Gasteiger partial charge is 0.447 e. The second-order valence-corrected chi connectivity index (χ2v) is 5.70. The Morgan fingerprint density at radius 1 is 1.33 bits per heavy atom. The van der Waals surface area contributed by atoms with Gasteiger partial charge >= 0.3 is 5.97 Å². The van der Waals surface area contributed by atoms with E-state index in [0.717, 1.165) is 0 Å². The number of aliphatic hydroxyl groups excluding tert-OH is 2. The number of aliphatic hydroxyl groups is 2. The highest BCUT2D eigenvalue weighted by Gasteiger charge is 2.39. The lowest BCUT2D eigenvalue weighted by Crippen LogP contribution is -2.41. The Morgan fingerprint density at radius 3 is 2.17 bits per heavy atom. The molecule has 0 rings (SSSR count). The molecule has 0 unspecified atom stereocenters. The molecule has 0 amide bonds. The van der Waals surface area contributed by atoms with Gasteiger partial charge in [0.1, 0.15) is 6.07 Å². The summed E-state index contributed by atoms with van der Waals surface area (Å²) in [6, 6.07) is 1.81. The quantitative estimate of drug-likeness (QED) is 0.723. The molecule has 2 N–H and O–H groups in total. The van der Waals surface area contributed by atoms with Crippen molar-refractivity contribution in [1.29, 1.82) is 5.26 Å². The molecule has 0 aliphatic heterocycles. The average Bonchev–Trinajstić information content (AvgIpc) is 2.13. The lowest BCUT2D eigenvalue weighted by molar-refractivity contribution is -0.161. The maximum absolute atomic E-state index is 12.0. The Morgan fingerprint density at radius 2 is 1.83 bits per heavy atom. The topological polar surface area (TPSA) is 90.5 Å². The van der Waals surface area contributed by atoms with Gasteiger partial charge in [-0.15, -0.1) is 0 Å². The molecule has 0 spiro atoms. The second-order valence-electron chi connectivity index (χ2n) is 5.70. The van der Waals surface area contributed by atoms with Gasteiger partial charge in [-0.05, 0) is 25.7 Å². The molecule has 0 heterocycles. The van der Waals surface area contributed by atoms with E-state index in [1.54, 1.807) is 27.7 Å². The monoisotopic (exact) mass is 257 g/mol. The van der Waals surface area contributed by atoms with Crippen LogP contribution in [-0.2, 0) is 9.53 Å². The number of carbonyl (C=O) groups excluding carboxylic acids is 1. The Balaban J connectivity index is 4.91. The molecule has 5 heteroatoms. The zero-order chi connectivity index (χ0) is 14.5. The van der Waals surface area contributed by atoms with Gasteiger partial charge in [-0.25, -0.2) is 0 Å². The number of hydrogen-bond acceptors (Lipinski definition) is 5. The Hall–Kier alpha value is -1.12. The normalized spacial score (nSPS) is 18.3. The number of esters is 1. The van der Waals surface area contributed by atoms with Gasteiger partial charge < -0.3 is 14.9 Å². The van der Waals surface area contributed by atoms with E-state index in [4.69, 9.17) is 10.00 Å². The van der Waals surface area contributed by atoms with Gasteiger partial charge in [0.25, 0.3) is 0 Å². The van der Waals surface area contributed by atoms with Crippen LogP contribution in [0.25, 0.3) is 0 Å². The summed E-state index contributed by atoms with van der Waals surface area (Å²) in [6.07, 6.45) is -2.45. The van der Waals surface area contributed by atoms with Gasteiger partial charge in [0.2, 0.25) is 0 Å². The van der Waals surface area contributed by atoms with Crippen LogP contribution in [0.2, 0.25) is 0 Å². The first kappa shape index (κ1) is 16.9. The minimum atomic E-state index is -0.997. The van der Waals surface area contributed by atoms with E-state index < -0.39 is 35.6 Å². The second kappa shape index (κ2) is 6.72. The average molecular weight is 257 g/mol. The molecular weight excluding hydrogens is 234 g/mol. The van der Waals surface area contributed by atoms with Gasteiger partial charge in [-0.3, -0.25) is 4.79 Å². The van der Waals surface area contributed by atoms with Crippen LogP contribution < -0.4 is 0 Å². The fraction of sp³-hybridized carbons (Fsp3) is 0.846. The van der Waals surface area contributed by atoms with E-state index in [2.05, 4.69) is 0 Å². The van der Waals surface area contributed by atoms with Crippen molar-refractivity contribution in [2.75, 3.05) is 0 Å². The summed E-state index contributed by atoms with van der Waals surface area (Å²) < 4.78 is 4.95. The molecule has 0 aromatic carbocycles. The van der Waals surface area contributed by atoms with Crippen LogP contribution >= 0.6 is 0 Å². The molecule has 5 nitrogen and oxygen atoms in total. The number of rotatable bonds is 5. The van der Waals surface area contributed by atoms with Gasteiger partial charge in [0.05, 0.1) is 18.1 Å². The van der Waals surface area contributed by atoms with Crippen LogP contribution in [0.3, 0.4) is 0 Å². The summed E-state index contributed by atoms with van der Waals surface area (Å²) in [5, 5.41) is 27.9. The van der Waals surface area contributed by atoms with Crippen LogP contribution in [0.5, 0.6) is 0 Å². The van der Waals surface area contributed by atoms with E-state index in [0.29, 0.717) is 0 Å². The highest BCUT2D eigenvalue weighted by molar-refractivity contribution is 5.74. The van der Waals surface area contributed by atoms with Crippen molar-refractivity contribution >= 4 is 5.97 Å². The number of carbonyl (C=O) groups is 1. The lowest BCUT2D eigenvalue weighted by atomic mass is 9.76. The summed E-state index contributed by atoms with van der Waals surface area (Å²) in [4.78, 5) is 12.0. The van der Waals surface area contributed by atoms with Crippen LogP contribution in [0.1, 0.15) is 41.0 Å². The Bertz CT molecular complexity index is 314. The first-order valence-corrected chi connectivity index (χ1v) is 6.05. The zero-order valence-electron chi connectivity index (χ0n) is 11.7. The Labute approximate surface area is 108 Å². The molecule has 0 aromatic heterocycles. The summed E-state index contributed by atoms with van der Waals surface area (Å²) in [6.45, 7) is 8.44. The van der Waals surface area contributed by atoms with E-state index in [1.165, 1.54) is 6.92 Å². The summed E-state index contributed by atoms with van der Waals surface area (Å²) in [5.41, 5.74) is -0.513. The fourth-order valence-corrected chi connectivity index (χ4v) is 1.85. The van der Waals surface area contributed by atoms with E-state index in [-0.39, 0.29) is 6.42 Å². The maximum Gasteiger partial charge on any atom is 0.313 e. The van der Waals surface area contributed by atoms with Gasteiger partial charge in [0.15, 0.2) is 6.10 Å². The van der Waals surface area contributed by atoms with Crippen molar-refractivity contribution in [3.8, 4) is 6.07 Å². The van der Waals surface area contributed by atoms with Crippen molar-refractivity contribution in [3.63, 3.8) is 0 Å². The van der Waals surface area contributed by atoms with Crippen LogP contribution in [0.4, 0.5) is 0 Å². The van der Waals surface area contributed by atoms with Crippen molar-refractivity contribution < 1.29 is 19.7 Å². The summed E-state index contributed by atoms with van der Waals surface area (Å²) in [7, 11) is 0. The molecule has 0 aliphatic rings. The lowest BCUT2D eigenvalue weighted by Gasteiger charge is -2.33. The molecule has 0 saturated carbocycles. The molecule has 4 atom stereocenters. The molecule has 104 valence electrons. The van der Waals surface area contributed by atoms with Crippen molar-refractivity contribution in [2.24, 2.45) is 11.3 Å². The van der Waals surface area contributed by atoms with E-state index in [1.807, 2.05) is 6.07 Å². The Kier molecular flexibility index (Phi) is 6.30. The SMILES string of the molecule is C[C@H](C#N)OC(=O)[C@@H]([C@H](O)C[C@@H](C)O)C(C)(C)C. The number of hydrogen-bond donors (Lipinski definition) is 2. The maximum atomic E-state index is 12.0. The van der Waals surface area contributed by atoms with Crippen LogP contribution in [-0.4, -0.2) is 34.5 Å².